The van der Waals surface area contributed by atoms with Crippen LogP contribution in [0.4, 0.5) is 0 Å². The fourth-order valence-electron chi connectivity index (χ4n) is 2.26. The highest BCUT2D eigenvalue weighted by molar-refractivity contribution is 4.88. The maximum absolute atomic E-state index is 9.99. The third kappa shape index (κ3) is 2.19. The molecule has 66 valence electrons. The predicted molar refractivity (Wildman–Crippen MR) is 47.5 cm³/mol. The summed E-state index contributed by atoms with van der Waals surface area (Å²) in [6.07, 6.45) is 6.70. The van der Waals surface area contributed by atoms with Gasteiger partial charge in [0.1, 0.15) is 0 Å². The minimum Gasteiger partial charge on any atom is -0.390 e. The van der Waals surface area contributed by atoms with Crippen molar-refractivity contribution in [3.05, 3.63) is 0 Å². The second-order valence-electron chi connectivity index (χ2n) is 3.99. The van der Waals surface area contributed by atoms with Gasteiger partial charge < -0.3 is 5.11 Å². The summed E-state index contributed by atoms with van der Waals surface area (Å²) in [5, 5.41) is 9.99. The molecule has 0 amide bonds. The van der Waals surface area contributed by atoms with Gasteiger partial charge in [-0.3, -0.25) is 0 Å². The van der Waals surface area contributed by atoms with Crippen molar-refractivity contribution in [2.75, 3.05) is 0 Å². The summed E-state index contributed by atoms with van der Waals surface area (Å²) in [5.74, 6) is 0.798. The van der Waals surface area contributed by atoms with Crippen molar-refractivity contribution in [2.45, 2.75) is 58.0 Å². The maximum Gasteiger partial charge on any atom is 0.0650 e. The van der Waals surface area contributed by atoms with Crippen LogP contribution in [0.1, 0.15) is 52.4 Å². The Morgan fingerprint density at radius 2 is 2.18 bits per heavy atom. The molecule has 0 aromatic heterocycles. The first kappa shape index (κ1) is 9.05. The van der Waals surface area contributed by atoms with E-state index in [4.69, 9.17) is 0 Å². The van der Waals surface area contributed by atoms with E-state index >= 15 is 0 Å². The number of hydrogen-bond donors (Lipinski definition) is 1. The van der Waals surface area contributed by atoms with E-state index in [1.807, 2.05) is 0 Å². The lowest BCUT2D eigenvalue weighted by Crippen LogP contribution is -2.24. The fraction of sp³-hybridized carbons (Fsp3) is 1.00. The van der Waals surface area contributed by atoms with Gasteiger partial charge in [-0.2, -0.15) is 0 Å². The van der Waals surface area contributed by atoms with Crippen molar-refractivity contribution in [2.24, 2.45) is 5.92 Å². The molecule has 0 saturated heterocycles. The van der Waals surface area contributed by atoms with E-state index in [0.29, 0.717) is 0 Å². The van der Waals surface area contributed by atoms with E-state index in [1.165, 1.54) is 12.8 Å². The molecule has 0 radical (unpaired) electrons. The van der Waals surface area contributed by atoms with Crippen LogP contribution in [-0.4, -0.2) is 10.7 Å². The van der Waals surface area contributed by atoms with Crippen LogP contribution in [0.5, 0.6) is 0 Å². The van der Waals surface area contributed by atoms with Gasteiger partial charge in [-0.05, 0) is 31.6 Å². The van der Waals surface area contributed by atoms with Crippen LogP contribution >= 0.6 is 0 Å². The second kappa shape index (κ2) is 3.57. The van der Waals surface area contributed by atoms with Crippen LogP contribution in [0, 0.1) is 5.92 Å². The monoisotopic (exact) mass is 156 g/mol. The first-order valence-corrected chi connectivity index (χ1v) is 4.92. The Balaban J connectivity index is 2.37. The number of rotatable bonds is 3. The zero-order valence-corrected chi connectivity index (χ0v) is 7.77. The van der Waals surface area contributed by atoms with Gasteiger partial charge >= 0.3 is 0 Å². The molecule has 1 aliphatic rings. The van der Waals surface area contributed by atoms with Crippen molar-refractivity contribution in [3.8, 4) is 0 Å². The summed E-state index contributed by atoms with van der Waals surface area (Å²) in [5.41, 5.74) is -0.282. The van der Waals surface area contributed by atoms with Gasteiger partial charge in [0.2, 0.25) is 0 Å². The van der Waals surface area contributed by atoms with Crippen LogP contribution in [0.25, 0.3) is 0 Å². The van der Waals surface area contributed by atoms with Crippen molar-refractivity contribution in [1.82, 2.24) is 0 Å². The molecular formula is C10H20O. The normalized spacial score (nSPS) is 37.9. The van der Waals surface area contributed by atoms with E-state index in [-0.39, 0.29) is 5.60 Å². The quantitative estimate of drug-likeness (QED) is 0.666. The number of hydrogen-bond acceptors (Lipinski definition) is 1. The zero-order valence-electron chi connectivity index (χ0n) is 7.77. The molecule has 1 rings (SSSR count). The minimum atomic E-state index is -0.282. The largest absolute Gasteiger partial charge is 0.390 e. The Morgan fingerprint density at radius 1 is 1.45 bits per heavy atom. The molecule has 1 N–H and O–H groups in total. The Hall–Kier alpha value is -0.0400. The average Bonchev–Trinajstić information content (AvgIpc) is 2.33. The molecule has 0 spiro atoms. The highest BCUT2D eigenvalue weighted by atomic mass is 16.3. The summed E-state index contributed by atoms with van der Waals surface area (Å²) in [6, 6.07) is 0. The molecule has 2 atom stereocenters. The van der Waals surface area contributed by atoms with Gasteiger partial charge in [0.05, 0.1) is 5.60 Å². The zero-order chi connectivity index (χ0) is 8.32. The van der Waals surface area contributed by atoms with Gasteiger partial charge in [-0.15, -0.1) is 0 Å². The summed E-state index contributed by atoms with van der Waals surface area (Å²) in [6.45, 7) is 4.37. The van der Waals surface area contributed by atoms with Gasteiger partial charge in [0.25, 0.3) is 0 Å². The summed E-state index contributed by atoms with van der Waals surface area (Å²) in [4.78, 5) is 0. The van der Waals surface area contributed by atoms with Crippen LogP contribution in [0.2, 0.25) is 0 Å². The van der Waals surface area contributed by atoms with E-state index in [0.717, 1.165) is 31.6 Å². The third-order valence-electron chi connectivity index (χ3n) is 2.98. The molecule has 0 heterocycles. The molecule has 1 unspecified atom stereocenters. The van der Waals surface area contributed by atoms with Crippen molar-refractivity contribution in [3.63, 3.8) is 0 Å². The van der Waals surface area contributed by atoms with Crippen molar-refractivity contribution < 1.29 is 5.11 Å². The lowest BCUT2D eigenvalue weighted by Gasteiger charge is -2.21. The molecule has 0 aromatic carbocycles. The second-order valence-corrected chi connectivity index (χ2v) is 3.99. The third-order valence-corrected chi connectivity index (χ3v) is 2.98. The lowest BCUT2D eigenvalue weighted by molar-refractivity contribution is 0.0338. The SMILES string of the molecule is CCCC1(O)CC[C@H](CC)C1. The predicted octanol–water partition coefficient (Wildman–Crippen LogP) is 2.73. The summed E-state index contributed by atoms with van der Waals surface area (Å²) < 4.78 is 0. The summed E-state index contributed by atoms with van der Waals surface area (Å²) >= 11 is 0. The first-order chi connectivity index (χ1) is 5.20. The van der Waals surface area contributed by atoms with Gasteiger partial charge in [-0.25, -0.2) is 0 Å². The van der Waals surface area contributed by atoms with Crippen LogP contribution in [0.15, 0.2) is 0 Å². The van der Waals surface area contributed by atoms with Gasteiger partial charge in [-0.1, -0.05) is 26.7 Å². The molecule has 11 heavy (non-hydrogen) atoms. The molecule has 1 heteroatoms. The fourth-order valence-corrected chi connectivity index (χ4v) is 2.26. The summed E-state index contributed by atoms with van der Waals surface area (Å²) in [7, 11) is 0. The molecule has 1 nitrogen and oxygen atoms in total. The number of aliphatic hydroxyl groups is 1. The van der Waals surface area contributed by atoms with E-state index in [2.05, 4.69) is 13.8 Å². The van der Waals surface area contributed by atoms with Crippen molar-refractivity contribution in [1.29, 1.82) is 0 Å². The Bertz CT molecular complexity index is 122. The molecule has 1 fully saturated rings. The van der Waals surface area contributed by atoms with Crippen LogP contribution < -0.4 is 0 Å². The van der Waals surface area contributed by atoms with Gasteiger partial charge in [0.15, 0.2) is 0 Å². The Morgan fingerprint density at radius 3 is 2.64 bits per heavy atom. The molecule has 1 aliphatic carbocycles. The Labute approximate surface area is 69.8 Å². The van der Waals surface area contributed by atoms with Gasteiger partial charge in [0, 0.05) is 0 Å². The molecular weight excluding hydrogens is 136 g/mol. The molecule has 1 saturated carbocycles. The maximum atomic E-state index is 9.99. The van der Waals surface area contributed by atoms with Crippen LogP contribution in [-0.2, 0) is 0 Å². The lowest BCUT2D eigenvalue weighted by atomic mass is 9.94. The average molecular weight is 156 g/mol. The molecule has 0 bridgehead atoms. The topological polar surface area (TPSA) is 20.2 Å². The highest BCUT2D eigenvalue weighted by Gasteiger charge is 2.35. The highest BCUT2D eigenvalue weighted by Crippen LogP contribution is 2.38. The Kier molecular flexibility index (Phi) is 2.94. The molecule has 0 aromatic rings. The van der Waals surface area contributed by atoms with E-state index in [1.54, 1.807) is 0 Å². The molecule has 0 aliphatic heterocycles. The van der Waals surface area contributed by atoms with E-state index in [9.17, 15) is 5.11 Å². The van der Waals surface area contributed by atoms with E-state index < -0.39 is 0 Å². The smallest absolute Gasteiger partial charge is 0.0650 e. The minimum absolute atomic E-state index is 0.282. The van der Waals surface area contributed by atoms with Crippen molar-refractivity contribution >= 4 is 0 Å². The standard InChI is InChI=1S/C10H20O/c1-3-6-10(11)7-5-9(4-2)8-10/h9,11H,3-8H2,1-2H3/t9-,10?/m0/s1. The van der Waals surface area contributed by atoms with Crippen LogP contribution in [0.3, 0.4) is 0 Å². The first-order valence-electron chi connectivity index (χ1n) is 4.92.